The van der Waals surface area contributed by atoms with Gasteiger partial charge < -0.3 is 9.72 Å². The molecule has 3 aromatic carbocycles. The van der Waals surface area contributed by atoms with Crippen molar-refractivity contribution in [2.75, 3.05) is 12.9 Å². The van der Waals surface area contributed by atoms with Crippen LogP contribution in [0.25, 0.3) is 21.7 Å². The number of aromatic nitrogens is 1. The van der Waals surface area contributed by atoms with Gasteiger partial charge in [0.1, 0.15) is 11.4 Å². The molecule has 1 amide bonds. The molecule has 0 saturated heterocycles. The maximum atomic E-state index is 12.5. The van der Waals surface area contributed by atoms with E-state index in [4.69, 9.17) is 4.74 Å². The number of nitrogens with one attached hydrogen (secondary N) is 2. The molecule has 0 bridgehead atoms. The van der Waals surface area contributed by atoms with Gasteiger partial charge in [-0.3, -0.25) is 4.79 Å². The summed E-state index contributed by atoms with van der Waals surface area (Å²) in [7, 11) is -3.65. The van der Waals surface area contributed by atoms with Crippen molar-refractivity contribution in [3.63, 3.8) is 0 Å². The van der Waals surface area contributed by atoms with E-state index in [1.165, 1.54) is 0 Å². The lowest BCUT2D eigenvalue weighted by molar-refractivity contribution is 0.0976. The first-order chi connectivity index (χ1) is 14.4. The van der Waals surface area contributed by atoms with Gasteiger partial charge in [0.2, 0.25) is 10.0 Å². The molecule has 0 fully saturated rings. The number of rotatable bonds is 7. The van der Waals surface area contributed by atoms with Gasteiger partial charge >= 0.3 is 0 Å². The predicted octanol–water partition coefficient (Wildman–Crippen LogP) is 4.02. The number of carbonyl (C=O) groups is 1. The molecule has 0 atom stereocenters. The van der Waals surface area contributed by atoms with Gasteiger partial charge in [0.15, 0.2) is 0 Å². The molecule has 1 heterocycles. The van der Waals surface area contributed by atoms with E-state index in [0.29, 0.717) is 19.4 Å². The summed E-state index contributed by atoms with van der Waals surface area (Å²) in [4.78, 5) is 15.5. The summed E-state index contributed by atoms with van der Waals surface area (Å²) < 4.78 is 30.9. The number of H-pyrrole nitrogens is 1. The Bertz CT molecular complexity index is 1330. The minimum absolute atomic E-state index is 0.271. The molecule has 1 aromatic heterocycles. The summed E-state index contributed by atoms with van der Waals surface area (Å²) in [6.07, 6.45) is 2.21. The van der Waals surface area contributed by atoms with Crippen molar-refractivity contribution < 1.29 is 17.9 Å². The molecule has 30 heavy (non-hydrogen) atoms. The van der Waals surface area contributed by atoms with E-state index in [1.807, 2.05) is 65.4 Å². The Morgan fingerprint density at radius 1 is 1.00 bits per heavy atom. The number of carbonyl (C=O) groups excluding carboxylic acids is 1. The zero-order valence-corrected chi connectivity index (χ0v) is 17.3. The van der Waals surface area contributed by atoms with Crippen LogP contribution in [0.4, 0.5) is 0 Å². The van der Waals surface area contributed by atoms with Crippen LogP contribution in [0.15, 0.2) is 66.7 Å². The van der Waals surface area contributed by atoms with E-state index in [1.54, 1.807) is 0 Å². The lowest BCUT2D eigenvalue weighted by atomic mass is 10.1. The lowest BCUT2D eigenvalue weighted by Crippen LogP contribution is -2.30. The molecule has 7 heteroatoms. The zero-order chi connectivity index (χ0) is 21.1. The van der Waals surface area contributed by atoms with E-state index in [2.05, 4.69) is 11.1 Å². The number of benzene rings is 3. The SMILES string of the molecule is CS(=O)(=O)NC(=O)c1[nH]c2ccccc2c1CCCOc1ccc2ccccc2c1. The quantitative estimate of drug-likeness (QED) is 0.440. The van der Waals surface area contributed by atoms with Gasteiger partial charge in [0.05, 0.1) is 12.9 Å². The van der Waals surface area contributed by atoms with E-state index >= 15 is 0 Å². The fraction of sp³-hybridized carbons (Fsp3) is 0.174. The van der Waals surface area contributed by atoms with Crippen LogP contribution < -0.4 is 9.46 Å². The first-order valence-electron chi connectivity index (χ1n) is 9.64. The van der Waals surface area contributed by atoms with E-state index in [-0.39, 0.29) is 5.69 Å². The molecule has 4 aromatic rings. The third-order valence-electron chi connectivity index (χ3n) is 4.88. The van der Waals surface area contributed by atoms with Gasteiger partial charge in [-0.05, 0) is 47.4 Å². The summed E-state index contributed by atoms with van der Waals surface area (Å²) >= 11 is 0. The summed E-state index contributed by atoms with van der Waals surface area (Å²) in [5.41, 5.74) is 1.85. The van der Waals surface area contributed by atoms with Crippen LogP contribution in [0.2, 0.25) is 0 Å². The first-order valence-corrected chi connectivity index (χ1v) is 11.5. The number of sulfonamides is 1. The molecule has 0 radical (unpaired) electrons. The number of ether oxygens (including phenoxy) is 1. The number of para-hydroxylation sites is 1. The second-order valence-corrected chi connectivity index (χ2v) is 8.94. The van der Waals surface area contributed by atoms with Crippen LogP contribution >= 0.6 is 0 Å². The van der Waals surface area contributed by atoms with Crippen LogP contribution in [0.3, 0.4) is 0 Å². The van der Waals surface area contributed by atoms with Crippen molar-refractivity contribution >= 4 is 37.6 Å². The smallest absolute Gasteiger partial charge is 0.281 e. The summed E-state index contributed by atoms with van der Waals surface area (Å²) in [6.45, 7) is 0.477. The average molecular weight is 423 g/mol. The molecule has 6 nitrogen and oxygen atoms in total. The third kappa shape index (κ3) is 4.46. The Morgan fingerprint density at radius 2 is 1.73 bits per heavy atom. The maximum Gasteiger partial charge on any atom is 0.281 e. The number of aromatic amines is 1. The van der Waals surface area contributed by atoms with Gasteiger partial charge in [-0.15, -0.1) is 0 Å². The molecule has 0 aliphatic heterocycles. The number of hydrogen-bond acceptors (Lipinski definition) is 4. The van der Waals surface area contributed by atoms with Crippen LogP contribution in [0, 0.1) is 0 Å². The summed E-state index contributed by atoms with van der Waals surface area (Å²) in [5, 5.41) is 3.18. The minimum atomic E-state index is -3.65. The summed E-state index contributed by atoms with van der Waals surface area (Å²) in [6, 6.07) is 21.6. The van der Waals surface area contributed by atoms with Gasteiger partial charge in [-0.1, -0.05) is 48.5 Å². The molecular formula is C23H22N2O4S. The minimum Gasteiger partial charge on any atom is -0.494 e. The highest BCUT2D eigenvalue weighted by molar-refractivity contribution is 7.89. The van der Waals surface area contributed by atoms with Crippen LogP contribution in [-0.4, -0.2) is 32.2 Å². The second kappa shape index (κ2) is 8.20. The highest BCUT2D eigenvalue weighted by Gasteiger charge is 2.19. The summed E-state index contributed by atoms with van der Waals surface area (Å²) in [5.74, 6) is 0.141. The van der Waals surface area contributed by atoms with Crippen molar-refractivity contribution in [3.8, 4) is 5.75 Å². The molecule has 0 aliphatic rings. The highest BCUT2D eigenvalue weighted by atomic mass is 32.2. The average Bonchev–Trinajstić information content (AvgIpc) is 3.09. The van der Waals surface area contributed by atoms with Crippen molar-refractivity contribution in [1.82, 2.24) is 9.71 Å². The van der Waals surface area contributed by atoms with E-state index < -0.39 is 15.9 Å². The molecule has 2 N–H and O–H groups in total. The van der Waals surface area contributed by atoms with Crippen LogP contribution in [0.5, 0.6) is 5.75 Å². The standard InChI is InChI=1S/C23H22N2O4S/c1-30(27,28)25-23(26)22-20(19-9-4-5-11-21(19)24-22)10-6-14-29-18-13-12-16-7-2-3-8-17(16)15-18/h2-5,7-9,11-13,15,24H,6,10,14H2,1H3,(H,25,26). The molecule has 0 unspecified atom stereocenters. The molecule has 0 aliphatic carbocycles. The zero-order valence-electron chi connectivity index (χ0n) is 16.5. The van der Waals surface area contributed by atoms with Crippen molar-refractivity contribution in [1.29, 1.82) is 0 Å². The van der Waals surface area contributed by atoms with Crippen molar-refractivity contribution in [2.24, 2.45) is 0 Å². The van der Waals surface area contributed by atoms with Gasteiger partial charge in [0, 0.05) is 10.9 Å². The topological polar surface area (TPSA) is 88.3 Å². The number of amides is 1. The molecular weight excluding hydrogens is 400 g/mol. The maximum absolute atomic E-state index is 12.5. The largest absolute Gasteiger partial charge is 0.494 e. The Morgan fingerprint density at radius 3 is 2.53 bits per heavy atom. The molecule has 0 saturated carbocycles. The van der Waals surface area contributed by atoms with Gasteiger partial charge in [-0.25, -0.2) is 13.1 Å². The fourth-order valence-corrected chi connectivity index (χ4v) is 4.01. The second-order valence-electron chi connectivity index (χ2n) is 7.19. The number of fused-ring (bicyclic) bond motifs is 2. The number of hydrogen-bond donors (Lipinski definition) is 2. The van der Waals surface area contributed by atoms with Crippen LogP contribution in [-0.2, 0) is 16.4 Å². The van der Waals surface area contributed by atoms with E-state index in [0.717, 1.165) is 39.2 Å². The fourth-order valence-electron chi connectivity index (χ4n) is 3.57. The monoisotopic (exact) mass is 422 g/mol. The molecule has 0 spiro atoms. The van der Waals surface area contributed by atoms with Gasteiger partial charge in [-0.2, -0.15) is 0 Å². The molecule has 4 rings (SSSR count). The third-order valence-corrected chi connectivity index (χ3v) is 5.44. The highest BCUT2D eigenvalue weighted by Crippen LogP contribution is 2.25. The normalized spacial score (nSPS) is 11.6. The lowest BCUT2D eigenvalue weighted by Gasteiger charge is -2.08. The van der Waals surface area contributed by atoms with Gasteiger partial charge in [0.25, 0.3) is 5.91 Å². The predicted molar refractivity (Wildman–Crippen MR) is 118 cm³/mol. The van der Waals surface area contributed by atoms with Crippen molar-refractivity contribution in [3.05, 3.63) is 78.0 Å². The Labute approximate surface area is 174 Å². The Balaban J connectivity index is 1.48. The van der Waals surface area contributed by atoms with Crippen molar-refractivity contribution in [2.45, 2.75) is 12.8 Å². The number of aryl methyl sites for hydroxylation is 1. The Hall–Kier alpha value is -3.32. The first kappa shape index (κ1) is 20.0. The Kier molecular flexibility index (Phi) is 5.46. The van der Waals surface area contributed by atoms with E-state index in [9.17, 15) is 13.2 Å². The molecule has 154 valence electrons. The van der Waals surface area contributed by atoms with Crippen LogP contribution in [0.1, 0.15) is 22.5 Å².